The Kier molecular flexibility index (Phi) is 14.5. The van der Waals surface area contributed by atoms with Gasteiger partial charge in [-0.2, -0.15) is 0 Å². The van der Waals surface area contributed by atoms with Crippen molar-refractivity contribution in [3.63, 3.8) is 0 Å². The number of nitrogens with two attached hydrogens (primary N) is 1. The maximum absolute atomic E-state index is 12.4. The van der Waals surface area contributed by atoms with Crippen molar-refractivity contribution in [2.24, 2.45) is 5.73 Å². The summed E-state index contributed by atoms with van der Waals surface area (Å²) >= 11 is 0. The molecule has 0 amide bonds. The third-order valence-electron chi connectivity index (χ3n) is 1.86. The monoisotopic (exact) mass is 269 g/mol. The van der Waals surface area contributed by atoms with Crippen LogP contribution in [0, 0.1) is 18.7 Å². The fourth-order valence-electron chi connectivity index (χ4n) is 1.02. The summed E-state index contributed by atoms with van der Waals surface area (Å²) in [5, 5.41) is 8.36. The molecule has 106 valence electrons. The molecule has 0 saturated carbocycles. The summed E-state index contributed by atoms with van der Waals surface area (Å²) in [6, 6.07) is 5.85. The predicted molar refractivity (Wildman–Crippen MR) is 73.2 cm³/mol. The summed E-state index contributed by atoms with van der Waals surface area (Å²) in [6.45, 7) is 1.29. The van der Waals surface area contributed by atoms with E-state index in [1.807, 2.05) is 0 Å². The number of hydrogen-bond acceptors (Lipinski definition) is 3. The molecule has 0 atom stereocenters. The number of terminal acetylenes is 1. The number of ether oxygens (including phenoxy) is 1. The van der Waals surface area contributed by atoms with E-state index in [1.165, 1.54) is 12.1 Å². The lowest BCUT2D eigenvalue weighted by Gasteiger charge is -1.96. The van der Waals surface area contributed by atoms with Crippen LogP contribution in [0.25, 0.3) is 0 Å². The van der Waals surface area contributed by atoms with Gasteiger partial charge < -0.3 is 15.6 Å². The lowest BCUT2D eigenvalue weighted by molar-refractivity contribution is -0.136. The van der Waals surface area contributed by atoms with Crippen LogP contribution in [0.15, 0.2) is 24.3 Å². The van der Waals surface area contributed by atoms with Crippen molar-refractivity contribution in [2.75, 3.05) is 20.3 Å². The topological polar surface area (TPSA) is 72.5 Å². The molecule has 0 aromatic heterocycles. The van der Waals surface area contributed by atoms with Crippen molar-refractivity contribution in [3.05, 3.63) is 35.6 Å². The summed E-state index contributed by atoms with van der Waals surface area (Å²) in [7, 11) is 1.63. The van der Waals surface area contributed by atoms with Crippen LogP contribution in [0.5, 0.6) is 0 Å². The minimum absolute atomic E-state index is 0.0889. The molecule has 0 aliphatic rings. The van der Waals surface area contributed by atoms with Gasteiger partial charge in [-0.05, 0) is 24.1 Å². The van der Waals surface area contributed by atoms with E-state index in [0.717, 1.165) is 5.56 Å². The highest BCUT2D eigenvalue weighted by atomic mass is 19.1. The third kappa shape index (κ3) is 14.0. The summed E-state index contributed by atoms with van der Waals surface area (Å²) in [5.74, 6) is -1.13. The fraction of sp³-hybridized carbons (Fsp3) is 0.357. The maximum atomic E-state index is 12.4. The van der Waals surface area contributed by atoms with Gasteiger partial charge in [0.2, 0.25) is 0 Å². The van der Waals surface area contributed by atoms with Crippen molar-refractivity contribution < 1.29 is 19.0 Å². The molecular formula is C14H20FNO3. The zero-order valence-electron chi connectivity index (χ0n) is 11.0. The first-order valence-electron chi connectivity index (χ1n) is 5.58. The number of hydrogen-bond donors (Lipinski definition) is 2. The molecule has 1 rings (SSSR count). The van der Waals surface area contributed by atoms with Crippen molar-refractivity contribution in [3.8, 4) is 12.8 Å². The molecule has 19 heavy (non-hydrogen) atoms. The lowest BCUT2D eigenvalue weighted by Crippen LogP contribution is -2.05. The third-order valence-corrected chi connectivity index (χ3v) is 1.86. The molecule has 1 aromatic rings. The molecule has 0 saturated heterocycles. The van der Waals surface area contributed by atoms with E-state index in [2.05, 4.69) is 17.6 Å². The zero-order valence-corrected chi connectivity index (χ0v) is 11.0. The molecule has 0 aliphatic carbocycles. The molecule has 4 nitrogen and oxygen atoms in total. The largest absolute Gasteiger partial charge is 0.481 e. The maximum Gasteiger partial charge on any atom is 0.303 e. The van der Waals surface area contributed by atoms with Gasteiger partial charge in [0.05, 0.1) is 6.61 Å². The first-order valence-corrected chi connectivity index (χ1v) is 5.58. The van der Waals surface area contributed by atoms with E-state index >= 15 is 0 Å². The predicted octanol–water partition coefficient (Wildman–Crippen LogP) is 1.68. The molecule has 0 unspecified atom stereocenters. The van der Waals surface area contributed by atoms with Gasteiger partial charge in [-0.25, -0.2) is 4.39 Å². The summed E-state index contributed by atoms with van der Waals surface area (Å²) in [4.78, 5) is 10.2. The summed E-state index contributed by atoms with van der Waals surface area (Å²) < 4.78 is 16.9. The van der Waals surface area contributed by atoms with Gasteiger partial charge in [0.25, 0.3) is 0 Å². The second kappa shape index (κ2) is 14.2. The summed E-state index contributed by atoms with van der Waals surface area (Å²) in [5.41, 5.74) is 5.86. The van der Waals surface area contributed by atoms with E-state index in [9.17, 15) is 9.18 Å². The second-order valence-electron chi connectivity index (χ2n) is 3.30. The number of halogens is 1. The number of carbonyl (C=O) groups is 1. The van der Waals surface area contributed by atoms with Crippen LogP contribution in [0.4, 0.5) is 4.39 Å². The first kappa shape index (κ1) is 19.4. The molecular weight excluding hydrogens is 249 g/mol. The Hall–Kier alpha value is -1.90. The molecule has 0 spiro atoms. The molecule has 1 aromatic carbocycles. The van der Waals surface area contributed by atoms with E-state index < -0.39 is 5.97 Å². The van der Waals surface area contributed by atoms with Gasteiger partial charge >= 0.3 is 5.97 Å². The van der Waals surface area contributed by atoms with Crippen LogP contribution < -0.4 is 5.73 Å². The lowest BCUT2D eigenvalue weighted by atomic mass is 10.1. The van der Waals surface area contributed by atoms with Crippen LogP contribution in [0.3, 0.4) is 0 Å². The first-order chi connectivity index (χ1) is 9.10. The summed E-state index contributed by atoms with van der Waals surface area (Å²) in [6.07, 6.45) is 8.54. The normalized spacial score (nSPS) is 8.47. The minimum Gasteiger partial charge on any atom is -0.481 e. The number of benzene rings is 1. The SMILES string of the molecule is C#C.COCCN.O=C(O)CCc1ccc(F)cc1. The Balaban J connectivity index is 0. The Morgan fingerprint density at radius 2 is 1.89 bits per heavy atom. The standard InChI is InChI=1S/C9H9FO2.C3H9NO.C2H2/c10-8-4-1-7(2-5-8)3-6-9(11)12;1-5-3-2-4;1-2/h1-2,4-5H,3,6H2,(H,11,12);2-4H2,1H3;1-2H. The van der Waals surface area contributed by atoms with E-state index in [1.54, 1.807) is 19.2 Å². The van der Waals surface area contributed by atoms with Crippen molar-refractivity contribution in [2.45, 2.75) is 12.8 Å². The van der Waals surface area contributed by atoms with Gasteiger partial charge in [-0.3, -0.25) is 4.79 Å². The van der Waals surface area contributed by atoms with Gasteiger partial charge in [-0.15, -0.1) is 12.8 Å². The number of aryl methyl sites for hydroxylation is 1. The van der Waals surface area contributed by atoms with Gasteiger partial charge in [0.1, 0.15) is 5.82 Å². The number of carboxylic acids is 1. The van der Waals surface area contributed by atoms with Gasteiger partial charge in [-0.1, -0.05) is 12.1 Å². The Labute approximate surface area is 113 Å². The average Bonchev–Trinajstić information content (AvgIpc) is 2.42. The highest BCUT2D eigenvalue weighted by Gasteiger charge is 1.98. The number of methoxy groups -OCH3 is 1. The molecule has 3 N–H and O–H groups in total. The fourth-order valence-corrected chi connectivity index (χ4v) is 1.02. The smallest absolute Gasteiger partial charge is 0.303 e. The van der Waals surface area contributed by atoms with Crippen LogP contribution >= 0.6 is 0 Å². The average molecular weight is 269 g/mol. The van der Waals surface area contributed by atoms with Crippen molar-refractivity contribution >= 4 is 5.97 Å². The highest BCUT2D eigenvalue weighted by molar-refractivity contribution is 5.67. The molecule has 5 heteroatoms. The van der Waals surface area contributed by atoms with Crippen LogP contribution in [-0.4, -0.2) is 31.3 Å². The second-order valence-corrected chi connectivity index (χ2v) is 3.30. The van der Waals surface area contributed by atoms with Crippen molar-refractivity contribution in [1.29, 1.82) is 0 Å². The van der Waals surface area contributed by atoms with Crippen LogP contribution in [0.2, 0.25) is 0 Å². The van der Waals surface area contributed by atoms with Gasteiger partial charge in [0, 0.05) is 20.1 Å². The Morgan fingerprint density at radius 1 is 1.37 bits per heavy atom. The van der Waals surface area contributed by atoms with Crippen LogP contribution in [0.1, 0.15) is 12.0 Å². The van der Waals surface area contributed by atoms with Gasteiger partial charge in [0.15, 0.2) is 0 Å². The van der Waals surface area contributed by atoms with Crippen LogP contribution in [-0.2, 0) is 16.0 Å². The molecule has 0 fully saturated rings. The number of carboxylic acid groups (broad SMARTS) is 1. The Bertz CT molecular complexity index is 347. The number of rotatable bonds is 5. The molecule has 0 bridgehead atoms. The van der Waals surface area contributed by atoms with E-state index in [4.69, 9.17) is 10.8 Å². The highest BCUT2D eigenvalue weighted by Crippen LogP contribution is 2.04. The van der Waals surface area contributed by atoms with E-state index in [0.29, 0.717) is 19.6 Å². The molecule has 0 radical (unpaired) electrons. The molecule has 0 heterocycles. The molecule has 0 aliphatic heterocycles. The minimum atomic E-state index is -0.834. The number of aliphatic carboxylic acids is 1. The Morgan fingerprint density at radius 3 is 2.21 bits per heavy atom. The quantitative estimate of drug-likeness (QED) is 0.798. The van der Waals surface area contributed by atoms with Crippen molar-refractivity contribution in [1.82, 2.24) is 0 Å². The zero-order chi connectivity index (χ0) is 15.1. The van der Waals surface area contributed by atoms with E-state index in [-0.39, 0.29) is 12.2 Å².